The van der Waals surface area contributed by atoms with E-state index in [9.17, 15) is 0 Å². The highest BCUT2D eigenvalue weighted by Gasteiger charge is 2.23. The summed E-state index contributed by atoms with van der Waals surface area (Å²) in [5.41, 5.74) is 8.18. The van der Waals surface area contributed by atoms with Gasteiger partial charge in [-0.2, -0.15) is 10.5 Å². The van der Waals surface area contributed by atoms with Gasteiger partial charge in [-0.15, -0.1) is 0 Å². The SMILES string of the molecule is CC(/C=C/C=C(C#N)C#N)=C\C=C\C=C(C)\C=C\C=C\c1cc2c3c(c1)CCCN3CCC2. The Hall–Kier alpha value is -3.82. The Kier molecular flexibility index (Phi) is 8.87. The van der Waals surface area contributed by atoms with Crippen molar-refractivity contribution in [2.45, 2.75) is 39.5 Å². The Labute approximate surface area is 198 Å². The van der Waals surface area contributed by atoms with Crippen molar-refractivity contribution < 1.29 is 0 Å². The molecule has 2 aliphatic heterocycles. The topological polar surface area (TPSA) is 50.8 Å². The van der Waals surface area contributed by atoms with Crippen LogP contribution < -0.4 is 4.90 Å². The van der Waals surface area contributed by atoms with Gasteiger partial charge in [-0.25, -0.2) is 0 Å². The maximum atomic E-state index is 8.71. The molecule has 0 aliphatic carbocycles. The Morgan fingerprint density at radius 3 is 1.94 bits per heavy atom. The summed E-state index contributed by atoms with van der Waals surface area (Å²) in [6, 6.07) is 8.41. The van der Waals surface area contributed by atoms with Gasteiger partial charge in [0, 0.05) is 18.8 Å². The number of aryl methyl sites for hydroxylation is 2. The molecule has 3 rings (SSSR count). The minimum Gasteiger partial charge on any atom is -0.371 e. The summed E-state index contributed by atoms with van der Waals surface area (Å²) in [7, 11) is 0. The van der Waals surface area contributed by atoms with Crippen LogP contribution in [0.25, 0.3) is 6.08 Å². The van der Waals surface area contributed by atoms with E-state index in [0.717, 1.165) is 5.57 Å². The summed E-state index contributed by atoms with van der Waals surface area (Å²) >= 11 is 0. The molecule has 0 spiro atoms. The molecule has 0 aromatic heterocycles. The summed E-state index contributed by atoms with van der Waals surface area (Å²) in [4.78, 5) is 2.58. The van der Waals surface area contributed by atoms with E-state index in [1.165, 1.54) is 72.8 Å². The molecule has 2 aliphatic rings. The van der Waals surface area contributed by atoms with Crippen LogP contribution in [-0.2, 0) is 12.8 Å². The number of benzene rings is 1. The molecule has 0 fully saturated rings. The first-order valence-electron chi connectivity index (χ1n) is 11.6. The van der Waals surface area contributed by atoms with Crippen molar-refractivity contribution in [2.24, 2.45) is 0 Å². The predicted molar refractivity (Wildman–Crippen MR) is 139 cm³/mol. The summed E-state index contributed by atoms with van der Waals surface area (Å²) in [6.07, 6.45) is 26.6. The van der Waals surface area contributed by atoms with Crippen LogP contribution in [0.1, 0.15) is 43.4 Å². The third-order valence-electron chi connectivity index (χ3n) is 5.81. The van der Waals surface area contributed by atoms with Crippen LogP contribution in [0.4, 0.5) is 5.69 Å². The highest BCUT2D eigenvalue weighted by molar-refractivity contribution is 5.68. The van der Waals surface area contributed by atoms with Gasteiger partial charge >= 0.3 is 0 Å². The quantitative estimate of drug-likeness (QED) is 0.346. The van der Waals surface area contributed by atoms with E-state index in [4.69, 9.17) is 10.5 Å². The second-order valence-corrected chi connectivity index (χ2v) is 8.47. The number of nitrogens with zero attached hydrogens (tertiary/aromatic N) is 3. The average Bonchev–Trinajstić information content (AvgIpc) is 2.83. The van der Waals surface area contributed by atoms with Crippen molar-refractivity contribution in [3.05, 3.63) is 106 Å². The number of hydrogen-bond donors (Lipinski definition) is 0. The van der Waals surface area contributed by atoms with Crippen LogP contribution in [0.15, 0.2) is 89.6 Å². The number of hydrogen-bond acceptors (Lipinski definition) is 3. The van der Waals surface area contributed by atoms with E-state index in [-0.39, 0.29) is 5.57 Å². The minimum atomic E-state index is 0.0989. The lowest BCUT2D eigenvalue weighted by molar-refractivity contribution is 0.634. The zero-order chi connectivity index (χ0) is 23.5. The van der Waals surface area contributed by atoms with E-state index < -0.39 is 0 Å². The third-order valence-corrected chi connectivity index (χ3v) is 5.81. The molecule has 3 nitrogen and oxygen atoms in total. The van der Waals surface area contributed by atoms with Crippen molar-refractivity contribution >= 4 is 11.8 Å². The fourth-order valence-corrected chi connectivity index (χ4v) is 4.22. The maximum Gasteiger partial charge on any atom is 0.129 e. The van der Waals surface area contributed by atoms with Crippen LogP contribution in [0.3, 0.4) is 0 Å². The lowest BCUT2D eigenvalue weighted by Gasteiger charge is -2.37. The molecule has 1 aromatic rings. The van der Waals surface area contributed by atoms with E-state index in [0.29, 0.717) is 0 Å². The van der Waals surface area contributed by atoms with Gasteiger partial charge < -0.3 is 4.90 Å². The molecule has 1 aromatic carbocycles. The van der Waals surface area contributed by atoms with Gasteiger partial charge in [0.25, 0.3) is 0 Å². The lowest BCUT2D eigenvalue weighted by Crippen LogP contribution is -2.34. The van der Waals surface area contributed by atoms with Gasteiger partial charge in [-0.3, -0.25) is 0 Å². The predicted octanol–water partition coefficient (Wildman–Crippen LogP) is 6.93. The molecule has 0 radical (unpaired) electrons. The molecule has 2 heterocycles. The molecule has 0 bridgehead atoms. The maximum absolute atomic E-state index is 8.71. The second-order valence-electron chi connectivity index (χ2n) is 8.47. The van der Waals surface area contributed by atoms with Crippen molar-refractivity contribution in [3.8, 4) is 12.1 Å². The molecule has 0 amide bonds. The fourth-order valence-electron chi connectivity index (χ4n) is 4.22. The highest BCUT2D eigenvalue weighted by Crippen LogP contribution is 2.36. The molecule has 0 unspecified atom stereocenters. The molecule has 166 valence electrons. The highest BCUT2D eigenvalue weighted by atomic mass is 15.1. The monoisotopic (exact) mass is 433 g/mol. The first kappa shape index (κ1) is 23.8. The summed E-state index contributed by atoms with van der Waals surface area (Å²) in [5, 5.41) is 17.4. The zero-order valence-corrected chi connectivity index (χ0v) is 19.6. The number of allylic oxidation sites excluding steroid dienone is 13. The second kappa shape index (κ2) is 12.3. The van der Waals surface area contributed by atoms with Crippen LogP contribution in [0.2, 0.25) is 0 Å². The van der Waals surface area contributed by atoms with Gasteiger partial charge in [-0.05, 0) is 74.4 Å². The molecular formula is C30H31N3. The normalized spacial score (nSPS) is 16.4. The lowest BCUT2D eigenvalue weighted by atomic mass is 9.90. The molecule has 0 saturated heterocycles. The first-order chi connectivity index (χ1) is 16.1. The van der Waals surface area contributed by atoms with E-state index in [1.54, 1.807) is 6.08 Å². The molecular weight excluding hydrogens is 402 g/mol. The van der Waals surface area contributed by atoms with Crippen LogP contribution in [-0.4, -0.2) is 13.1 Å². The van der Waals surface area contributed by atoms with Crippen LogP contribution in [0, 0.1) is 22.7 Å². The van der Waals surface area contributed by atoms with Crippen LogP contribution in [0.5, 0.6) is 0 Å². The molecule has 0 saturated carbocycles. The summed E-state index contributed by atoms with van der Waals surface area (Å²) in [6.45, 7) is 6.49. The molecule has 0 atom stereocenters. The van der Waals surface area contributed by atoms with Crippen molar-refractivity contribution in [3.63, 3.8) is 0 Å². The number of nitriles is 2. The van der Waals surface area contributed by atoms with Gasteiger partial charge in [0.1, 0.15) is 17.7 Å². The number of rotatable bonds is 7. The largest absolute Gasteiger partial charge is 0.371 e. The van der Waals surface area contributed by atoms with E-state index in [2.05, 4.69) is 54.3 Å². The third kappa shape index (κ3) is 7.09. The first-order valence-corrected chi connectivity index (χ1v) is 11.6. The Morgan fingerprint density at radius 2 is 1.36 bits per heavy atom. The van der Waals surface area contributed by atoms with E-state index in [1.807, 2.05) is 43.4 Å². The summed E-state index contributed by atoms with van der Waals surface area (Å²) in [5.74, 6) is 0. The minimum absolute atomic E-state index is 0.0989. The summed E-state index contributed by atoms with van der Waals surface area (Å²) < 4.78 is 0. The number of anilines is 1. The van der Waals surface area contributed by atoms with Gasteiger partial charge in [0.15, 0.2) is 0 Å². The van der Waals surface area contributed by atoms with Crippen LogP contribution >= 0.6 is 0 Å². The standard InChI is InChI=1S/C30H31N3/c1-24(10-3-4-11-25(2)13-7-15-27(22-31)23-32)12-5-6-14-26-20-28-16-8-18-33-19-9-17-29(21-26)30(28)33/h3-7,10-15,20-21H,8-9,16-19H2,1-2H3/b4-3+,12-5+,13-7+,14-6+,24-10+,25-11+. The fraction of sp³-hybridized carbons (Fsp3) is 0.267. The molecule has 0 N–H and O–H groups in total. The van der Waals surface area contributed by atoms with Crippen molar-refractivity contribution in [1.82, 2.24) is 0 Å². The van der Waals surface area contributed by atoms with Crippen molar-refractivity contribution in [2.75, 3.05) is 18.0 Å². The van der Waals surface area contributed by atoms with Gasteiger partial charge in [-0.1, -0.05) is 71.9 Å². The van der Waals surface area contributed by atoms with Gasteiger partial charge in [0.2, 0.25) is 0 Å². The molecule has 33 heavy (non-hydrogen) atoms. The zero-order valence-electron chi connectivity index (χ0n) is 19.6. The Balaban J connectivity index is 1.55. The molecule has 3 heteroatoms. The van der Waals surface area contributed by atoms with Gasteiger partial charge in [0.05, 0.1) is 0 Å². The average molecular weight is 434 g/mol. The smallest absolute Gasteiger partial charge is 0.129 e. The Morgan fingerprint density at radius 1 is 0.788 bits per heavy atom. The Bertz CT molecular complexity index is 1110. The van der Waals surface area contributed by atoms with E-state index >= 15 is 0 Å². The van der Waals surface area contributed by atoms with Crippen molar-refractivity contribution in [1.29, 1.82) is 10.5 Å².